The summed E-state index contributed by atoms with van der Waals surface area (Å²) in [6.07, 6.45) is 2.57. The van der Waals surface area contributed by atoms with Gasteiger partial charge in [0.15, 0.2) is 0 Å². The number of nitrogens with zero attached hydrogens (tertiary/aromatic N) is 1. The normalized spacial score (nSPS) is 12.9. The van der Waals surface area contributed by atoms with Gasteiger partial charge in [-0.15, -0.1) is 0 Å². The first-order valence-electron chi connectivity index (χ1n) is 3.89. The summed E-state index contributed by atoms with van der Waals surface area (Å²) in [5, 5.41) is 8.95. The Kier molecular flexibility index (Phi) is 2.47. The molecule has 0 aromatic carbocycles. The van der Waals surface area contributed by atoms with Crippen LogP contribution in [0.2, 0.25) is 0 Å². The molecule has 11 heavy (non-hydrogen) atoms. The highest BCUT2D eigenvalue weighted by atomic mass is 16.3. The molecule has 1 aromatic heterocycles. The van der Waals surface area contributed by atoms with Crippen LogP contribution in [0.1, 0.15) is 31.9 Å². The number of aromatic nitrogens is 1. The van der Waals surface area contributed by atoms with Crippen LogP contribution < -0.4 is 0 Å². The Labute approximate surface area is 66.9 Å². The Morgan fingerprint density at radius 1 is 1.55 bits per heavy atom. The van der Waals surface area contributed by atoms with Gasteiger partial charge in [0, 0.05) is 5.69 Å². The van der Waals surface area contributed by atoms with Gasteiger partial charge in [0.1, 0.15) is 5.75 Å². The first kappa shape index (κ1) is 8.05. The van der Waals surface area contributed by atoms with Crippen molar-refractivity contribution in [2.24, 2.45) is 0 Å². The second kappa shape index (κ2) is 3.37. The summed E-state index contributed by atoms with van der Waals surface area (Å²) < 4.78 is 0. The highest BCUT2D eigenvalue weighted by Gasteiger charge is 2.02. The van der Waals surface area contributed by atoms with Crippen molar-refractivity contribution in [1.82, 2.24) is 4.98 Å². The molecule has 2 nitrogen and oxygen atoms in total. The molecule has 1 rings (SSSR count). The van der Waals surface area contributed by atoms with Crippen LogP contribution in [0.15, 0.2) is 18.3 Å². The Balaban J connectivity index is 2.81. The Morgan fingerprint density at radius 2 is 2.27 bits per heavy atom. The van der Waals surface area contributed by atoms with E-state index in [2.05, 4.69) is 18.8 Å². The fourth-order valence-corrected chi connectivity index (χ4v) is 0.898. The van der Waals surface area contributed by atoms with Gasteiger partial charge in [-0.05, 0) is 24.5 Å². The van der Waals surface area contributed by atoms with Crippen LogP contribution in [-0.2, 0) is 0 Å². The minimum absolute atomic E-state index is 0.233. The van der Waals surface area contributed by atoms with Crippen LogP contribution in [0.5, 0.6) is 5.75 Å². The molecule has 1 aromatic rings. The van der Waals surface area contributed by atoms with Crippen LogP contribution in [0.3, 0.4) is 0 Å². The van der Waals surface area contributed by atoms with Gasteiger partial charge in [-0.2, -0.15) is 0 Å². The largest absolute Gasteiger partial charge is 0.506 e. The van der Waals surface area contributed by atoms with Crippen LogP contribution in [-0.4, -0.2) is 10.1 Å². The molecule has 0 fully saturated rings. The monoisotopic (exact) mass is 151 g/mol. The van der Waals surface area contributed by atoms with Crippen LogP contribution in [0.4, 0.5) is 0 Å². The lowest BCUT2D eigenvalue weighted by Crippen LogP contribution is -1.93. The predicted octanol–water partition coefficient (Wildman–Crippen LogP) is 2.30. The molecule has 2 heteroatoms. The zero-order chi connectivity index (χ0) is 8.27. The molecular formula is C9H13NO. The maximum Gasteiger partial charge on any atom is 0.133 e. The third-order valence-corrected chi connectivity index (χ3v) is 1.89. The van der Waals surface area contributed by atoms with Crippen molar-refractivity contribution in [1.29, 1.82) is 0 Å². The molecule has 0 saturated carbocycles. The number of hydrogen-bond donors (Lipinski definition) is 1. The lowest BCUT2D eigenvalue weighted by atomic mass is 10.0. The second-order valence-corrected chi connectivity index (χ2v) is 2.75. The van der Waals surface area contributed by atoms with E-state index in [-0.39, 0.29) is 5.75 Å². The van der Waals surface area contributed by atoms with Crippen molar-refractivity contribution >= 4 is 0 Å². The van der Waals surface area contributed by atoms with Crippen LogP contribution in [0.25, 0.3) is 0 Å². The average molecular weight is 151 g/mol. The Hall–Kier alpha value is -1.05. The van der Waals surface area contributed by atoms with Crippen LogP contribution >= 0.6 is 0 Å². The summed E-state index contributed by atoms with van der Waals surface area (Å²) in [6.45, 7) is 4.25. The van der Waals surface area contributed by atoms with E-state index in [1.54, 1.807) is 6.07 Å². The fraction of sp³-hybridized carbons (Fsp3) is 0.444. The SMILES string of the molecule is CCC(C)c1ccc(O)cn1. The maximum atomic E-state index is 8.95. The van der Waals surface area contributed by atoms with Gasteiger partial charge in [0.05, 0.1) is 6.20 Å². The van der Waals surface area contributed by atoms with E-state index >= 15 is 0 Å². The second-order valence-electron chi connectivity index (χ2n) is 2.75. The molecule has 60 valence electrons. The Morgan fingerprint density at radius 3 is 2.73 bits per heavy atom. The van der Waals surface area contributed by atoms with E-state index in [1.807, 2.05) is 6.07 Å². The smallest absolute Gasteiger partial charge is 0.133 e. The highest BCUT2D eigenvalue weighted by molar-refractivity contribution is 5.19. The first-order valence-corrected chi connectivity index (χ1v) is 3.89. The third kappa shape index (κ3) is 1.93. The van der Waals surface area contributed by atoms with Gasteiger partial charge >= 0.3 is 0 Å². The van der Waals surface area contributed by atoms with E-state index in [9.17, 15) is 0 Å². The number of pyridine rings is 1. The van der Waals surface area contributed by atoms with Gasteiger partial charge in [-0.3, -0.25) is 4.98 Å². The minimum atomic E-state index is 0.233. The van der Waals surface area contributed by atoms with Gasteiger partial charge in [0.2, 0.25) is 0 Å². The number of hydrogen-bond acceptors (Lipinski definition) is 2. The standard InChI is InChI=1S/C9H13NO/c1-3-7(2)9-5-4-8(11)6-10-9/h4-7,11H,3H2,1-2H3. The van der Waals surface area contributed by atoms with Crippen molar-refractivity contribution in [3.05, 3.63) is 24.0 Å². The first-order chi connectivity index (χ1) is 5.24. The van der Waals surface area contributed by atoms with Crippen molar-refractivity contribution in [3.63, 3.8) is 0 Å². The molecular weight excluding hydrogens is 138 g/mol. The molecule has 0 bridgehead atoms. The van der Waals surface area contributed by atoms with E-state index < -0.39 is 0 Å². The van der Waals surface area contributed by atoms with E-state index in [0.29, 0.717) is 5.92 Å². The maximum absolute atomic E-state index is 8.95. The predicted molar refractivity (Wildman–Crippen MR) is 44.6 cm³/mol. The summed E-state index contributed by atoms with van der Waals surface area (Å²) in [5.74, 6) is 0.715. The minimum Gasteiger partial charge on any atom is -0.506 e. The average Bonchev–Trinajstić information content (AvgIpc) is 2.05. The molecule has 0 radical (unpaired) electrons. The fourth-order valence-electron chi connectivity index (χ4n) is 0.898. The third-order valence-electron chi connectivity index (χ3n) is 1.89. The molecule has 1 N–H and O–H groups in total. The van der Waals surface area contributed by atoms with E-state index in [1.165, 1.54) is 6.20 Å². The molecule has 0 aliphatic heterocycles. The summed E-state index contributed by atoms with van der Waals surface area (Å²) in [7, 11) is 0. The van der Waals surface area contributed by atoms with E-state index in [4.69, 9.17) is 5.11 Å². The molecule has 0 saturated heterocycles. The number of rotatable bonds is 2. The molecule has 1 atom stereocenters. The summed E-state index contributed by atoms with van der Waals surface area (Å²) in [5.41, 5.74) is 1.05. The zero-order valence-electron chi connectivity index (χ0n) is 6.91. The highest BCUT2D eigenvalue weighted by Crippen LogP contribution is 2.17. The molecule has 1 unspecified atom stereocenters. The topological polar surface area (TPSA) is 33.1 Å². The van der Waals surface area contributed by atoms with E-state index in [0.717, 1.165) is 12.1 Å². The Bertz CT molecular complexity index is 218. The molecule has 1 heterocycles. The lowest BCUT2D eigenvalue weighted by Gasteiger charge is -2.06. The lowest BCUT2D eigenvalue weighted by molar-refractivity contribution is 0.471. The summed E-state index contributed by atoms with van der Waals surface area (Å²) >= 11 is 0. The van der Waals surface area contributed by atoms with Crippen LogP contribution in [0, 0.1) is 0 Å². The molecule has 0 aliphatic carbocycles. The van der Waals surface area contributed by atoms with Crippen molar-refractivity contribution in [3.8, 4) is 5.75 Å². The molecule has 0 aliphatic rings. The quantitative estimate of drug-likeness (QED) is 0.703. The number of aromatic hydroxyl groups is 1. The van der Waals surface area contributed by atoms with Gasteiger partial charge in [-0.1, -0.05) is 13.8 Å². The summed E-state index contributed by atoms with van der Waals surface area (Å²) in [6, 6.07) is 3.54. The molecule has 0 spiro atoms. The van der Waals surface area contributed by atoms with Gasteiger partial charge < -0.3 is 5.11 Å². The van der Waals surface area contributed by atoms with Crippen molar-refractivity contribution in [2.75, 3.05) is 0 Å². The van der Waals surface area contributed by atoms with Gasteiger partial charge in [-0.25, -0.2) is 0 Å². The van der Waals surface area contributed by atoms with Crippen molar-refractivity contribution in [2.45, 2.75) is 26.2 Å². The summed E-state index contributed by atoms with van der Waals surface area (Å²) in [4.78, 5) is 4.10. The zero-order valence-corrected chi connectivity index (χ0v) is 6.91. The van der Waals surface area contributed by atoms with Crippen molar-refractivity contribution < 1.29 is 5.11 Å². The van der Waals surface area contributed by atoms with Gasteiger partial charge in [0.25, 0.3) is 0 Å². The molecule has 0 amide bonds.